The van der Waals surface area contributed by atoms with Crippen molar-refractivity contribution >= 4 is 28.5 Å². The number of benzene rings is 2. The van der Waals surface area contributed by atoms with Crippen LogP contribution < -0.4 is 10.6 Å². The van der Waals surface area contributed by atoms with Crippen LogP contribution in [0.3, 0.4) is 0 Å². The first-order valence-corrected chi connectivity index (χ1v) is 9.48. The molecule has 1 unspecified atom stereocenters. The third-order valence-electron chi connectivity index (χ3n) is 4.04. The second-order valence-electron chi connectivity index (χ2n) is 6.45. The van der Waals surface area contributed by atoms with Gasteiger partial charge in [-0.25, -0.2) is 4.39 Å². The lowest BCUT2D eigenvalue weighted by Gasteiger charge is -2.21. The highest BCUT2D eigenvalue weighted by molar-refractivity contribution is 7.10. The van der Waals surface area contributed by atoms with Gasteiger partial charge in [0.2, 0.25) is 11.0 Å². The predicted octanol–water partition coefficient (Wildman–Crippen LogP) is 3.74. The van der Waals surface area contributed by atoms with Crippen molar-refractivity contribution in [1.82, 2.24) is 14.7 Å². The third kappa shape index (κ3) is 4.58. The predicted molar refractivity (Wildman–Crippen MR) is 106 cm³/mol. The number of aromatic nitrogens is 2. The molecule has 0 aliphatic carbocycles. The van der Waals surface area contributed by atoms with Crippen LogP contribution in [-0.2, 0) is 4.79 Å². The number of rotatable bonds is 6. The van der Waals surface area contributed by atoms with Gasteiger partial charge >= 0.3 is 0 Å². The second kappa shape index (κ2) is 8.71. The minimum absolute atomic E-state index is 0.108. The van der Waals surface area contributed by atoms with Crippen molar-refractivity contribution < 1.29 is 14.0 Å². The molecule has 28 heavy (non-hydrogen) atoms. The molecule has 0 bridgehead atoms. The van der Waals surface area contributed by atoms with Crippen LogP contribution in [0.5, 0.6) is 0 Å². The maximum absolute atomic E-state index is 13.8. The summed E-state index contributed by atoms with van der Waals surface area (Å²) in [6.07, 6.45) is 0. The molecule has 1 aromatic heterocycles. The Bertz CT molecular complexity index is 975. The number of carbonyl (C=O) groups excluding carboxylic acids is 2. The molecule has 2 aromatic carbocycles. The monoisotopic (exact) mass is 398 g/mol. The minimum Gasteiger partial charge on any atom is -0.340 e. The van der Waals surface area contributed by atoms with Crippen LogP contribution in [0.25, 0.3) is 11.4 Å². The molecule has 1 atom stereocenters. The molecule has 0 spiro atoms. The summed E-state index contributed by atoms with van der Waals surface area (Å²) < 4.78 is 18.1. The molecule has 0 saturated heterocycles. The van der Waals surface area contributed by atoms with Crippen molar-refractivity contribution in [2.45, 2.75) is 19.9 Å². The van der Waals surface area contributed by atoms with Crippen molar-refractivity contribution in [3.05, 3.63) is 66.0 Å². The Hall–Kier alpha value is -3.13. The third-order valence-corrected chi connectivity index (χ3v) is 4.67. The van der Waals surface area contributed by atoms with Crippen molar-refractivity contribution in [1.29, 1.82) is 0 Å². The van der Waals surface area contributed by atoms with Crippen LogP contribution >= 0.6 is 11.5 Å². The zero-order valence-electron chi connectivity index (χ0n) is 15.3. The lowest BCUT2D eigenvalue weighted by Crippen LogP contribution is -2.47. The van der Waals surface area contributed by atoms with E-state index in [1.807, 2.05) is 30.3 Å². The number of hydrogen-bond donors (Lipinski definition) is 2. The van der Waals surface area contributed by atoms with Crippen LogP contribution in [0, 0.1) is 11.7 Å². The van der Waals surface area contributed by atoms with E-state index in [9.17, 15) is 14.0 Å². The summed E-state index contributed by atoms with van der Waals surface area (Å²) in [5, 5.41) is 5.61. The number of anilines is 1. The molecule has 144 valence electrons. The summed E-state index contributed by atoms with van der Waals surface area (Å²) in [7, 11) is 0. The smallest absolute Gasteiger partial charge is 0.254 e. The van der Waals surface area contributed by atoms with Gasteiger partial charge < -0.3 is 5.32 Å². The van der Waals surface area contributed by atoms with Gasteiger partial charge in [0.1, 0.15) is 11.9 Å². The van der Waals surface area contributed by atoms with Crippen LogP contribution in [0.4, 0.5) is 9.52 Å². The molecule has 6 nitrogen and oxygen atoms in total. The quantitative estimate of drug-likeness (QED) is 0.663. The van der Waals surface area contributed by atoms with Gasteiger partial charge in [0.15, 0.2) is 5.82 Å². The van der Waals surface area contributed by atoms with E-state index in [0.29, 0.717) is 11.0 Å². The van der Waals surface area contributed by atoms with Crippen LogP contribution in [0.1, 0.15) is 24.2 Å². The summed E-state index contributed by atoms with van der Waals surface area (Å²) in [4.78, 5) is 29.4. The summed E-state index contributed by atoms with van der Waals surface area (Å²) in [6, 6.07) is 14.2. The van der Waals surface area contributed by atoms with Gasteiger partial charge in [-0.15, -0.1) is 0 Å². The summed E-state index contributed by atoms with van der Waals surface area (Å²) in [6.45, 7) is 3.59. The fraction of sp³-hybridized carbons (Fsp3) is 0.200. The average molecular weight is 398 g/mol. The zero-order chi connectivity index (χ0) is 20.1. The van der Waals surface area contributed by atoms with Gasteiger partial charge in [-0.05, 0) is 18.1 Å². The molecule has 3 aromatic rings. The van der Waals surface area contributed by atoms with Gasteiger partial charge in [0.05, 0.1) is 5.56 Å². The highest BCUT2D eigenvalue weighted by Crippen LogP contribution is 2.21. The molecule has 0 fully saturated rings. The summed E-state index contributed by atoms with van der Waals surface area (Å²) in [5.74, 6) is -1.42. The SMILES string of the molecule is CC(C)C(NC(=O)c1ccccc1F)C(=O)Nc1nc(-c2ccccc2)ns1. The molecular formula is C20H19FN4O2S. The van der Waals surface area contributed by atoms with Crippen molar-refractivity contribution in [3.63, 3.8) is 0 Å². The number of amides is 2. The molecule has 2 N–H and O–H groups in total. The lowest BCUT2D eigenvalue weighted by atomic mass is 10.0. The average Bonchev–Trinajstić information content (AvgIpc) is 3.15. The maximum Gasteiger partial charge on any atom is 0.254 e. The number of carbonyl (C=O) groups is 2. The van der Waals surface area contributed by atoms with E-state index < -0.39 is 23.7 Å². The highest BCUT2D eigenvalue weighted by atomic mass is 32.1. The Morgan fingerprint density at radius 1 is 1.04 bits per heavy atom. The molecule has 2 amide bonds. The van der Waals surface area contributed by atoms with E-state index >= 15 is 0 Å². The molecule has 0 aliphatic heterocycles. The number of nitrogens with one attached hydrogen (secondary N) is 2. The fourth-order valence-corrected chi connectivity index (χ4v) is 3.15. The normalized spacial score (nSPS) is 11.9. The van der Waals surface area contributed by atoms with E-state index in [-0.39, 0.29) is 11.5 Å². The van der Waals surface area contributed by atoms with Gasteiger partial charge in [-0.2, -0.15) is 9.36 Å². The Kier molecular flexibility index (Phi) is 6.10. The van der Waals surface area contributed by atoms with Crippen molar-refractivity contribution in [2.24, 2.45) is 5.92 Å². The standard InChI is InChI=1S/C20H19FN4O2S/c1-12(2)16(22-18(26)14-10-6-7-11-15(14)21)19(27)24-20-23-17(25-28-20)13-8-4-3-5-9-13/h3-12,16H,1-2H3,(H,22,26)(H,23,24,25,27). The minimum atomic E-state index is -0.851. The molecule has 0 saturated carbocycles. The molecular weight excluding hydrogens is 379 g/mol. The van der Waals surface area contributed by atoms with Gasteiger partial charge in [-0.1, -0.05) is 56.3 Å². The second-order valence-corrected chi connectivity index (χ2v) is 7.21. The summed E-state index contributed by atoms with van der Waals surface area (Å²) >= 11 is 1.05. The molecule has 8 heteroatoms. The highest BCUT2D eigenvalue weighted by Gasteiger charge is 2.26. The van der Waals surface area contributed by atoms with Crippen LogP contribution in [0.15, 0.2) is 54.6 Å². The number of hydrogen-bond acceptors (Lipinski definition) is 5. The van der Waals surface area contributed by atoms with Crippen molar-refractivity contribution in [3.8, 4) is 11.4 Å². The molecule has 1 heterocycles. The van der Waals surface area contributed by atoms with Crippen molar-refractivity contribution in [2.75, 3.05) is 5.32 Å². The Labute approximate surface area is 166 Å². The number of nitrogens with zero attached hydrogens (tertiary/aromatic N) is 2. The topological polar surface area (TPSA) is 84.0 Å². The largest absolute Gasteiger partial charge is 0.340 e. The van der Waals surface area contributed by atoms with E-state index in [4.69, 9.17) is 0 Å². The van der Waals surface area contributed by atoms with Gasteiger partial charge in [0.25, 0.3) is 5.91 Å². The maximum atomic E-state index is 13.8. The first-order valence-electron chi connectivity index (χ1n) is 8.71. The Morgan fingerprint density at radius 3 is 2.39 bits per heavy atom. The van der Waals surface area contributed by atoms with Gasteiger partial charge in [0, 0.05) is 17.1 Å². The van der Waals surface area contributed by atoms with Gasteiger partial charge in [-0.3, -0.25) is 14.9 Å². The molecule has 3 rings (SSSR count). The molecule has 0 aliphatic rings. The number of halogens is 1. The van der Waals surface area contributed by atoms with E-state index in [0.717, 1.165) is 17.1 Å². The lowest BCUT2D eigenvalue weighted by molar-refractivity contribution is -0.118. The first-order chi connectivity index (χ1) is 13.5. The van der Waals surface area contributed by atoms with E-state index in [1.54, 1.807) is 19.9 Å². The summed E-state index contributed by atoms with van der Waals surface area (Å²) in [5.41, 5.74) is 0.732. The fourth-order valence-electron chi connectivity index (χ4n) is 2.56. The van der Waals surface area contributed by atoms with Crippen LogP contribution in [-0.4, -0.2) is 27.2 Å². The van der Waals surface area contributed by atoms with Crippen LogP contribution in [0.2, 0.25) is 0 Å². The first kappa shape index (κ1) is 19.6. The Morgan fingerprint density at radius 2 is 1.71 bits per heavy atom. The zero-order valence-corrected chi connectivity index (χ0v) is 16.2. The van der Waals surface area contributed by atoms with E-state index in [2.05, 4.69) is 20.0 Å². The molecule has 0 radical (unpaired) electrons. The Balaban J connectivity index is 1.71. The van der Waals surface area contributed by atoms with E-state index in [1.165, 1.54) is 18.2 Å².